The quantitative estimate of drug-likeness (QED) is 0.644. The fourth-order valence-corrected chi connectivity index (χ4v) is 3.93. The van der Waals surface area contributed by atoms with Crippen LogP contribution >= 0.6 is 27.7 Å². The van der Waals surface area contributed by atoms with Crippen LogP contribution in [0, 0.1) is 0 Å². The fourth-order valence-electron chi connectivity index (χ4n) is 1.34. The Labute approximate surface area is 133 Å². The highest BCUT2D eigenvalue weighted by atomic mass is 79.9. The minimum atomic E-state index is -4.37. The maximum atomic E-state index is 12.0. The normalized spacial score (nSPS) is 12.8. The van der Waals surface area contributed by atoms with E-state index < -0.39 is 21.3 Å². The van der Waals surface area contributed by atoms with E-state index in [1.54, 1.807) is 0 Å². The first-order valence-electron chi connectivity index (χ1n) is 5.85. The first-order valence-corrected chi connectivity index (χ1v) is 9.11. The van der Waals surface area contributed by atoms with Crippen molar-refractivity contribution < 1.29 is 26.0 Å². The van der Waals surface area contributed by atoms with Crippen LogP contribution in [0.3, 0.4) is 0 Å². The highest BCUT2D eigenvalue weighted by Gasteiger charge is 2.28. The van der Waals surface area contributed by atoms with Crippen molar-refractivity contribution in [2.24, 2.45) is 0 Å². The maximum absolute atomic E-state index is 12.0. The first-order chi connectivity index (χ1) is 9.65. The van der Waals surface area contributed by atoms with Crippen molar-refractivity contribution in [1.29, 1.82) is 0 Å². The molecule has 0 aliphatic carbocycles. The van der Waals surface area contributed by atoms with Gasteiger partial charge in [-0.05, 0) is 34.2 Å². The summed E-state index contributed by atoms with van der Waals surface area (Å²) in [5.41, 5.74) is -4.37. The summed E-state index contributed by atoms with van der Waals surface area (Å²) in [6.45, 7) is 2.60. The number of nitrogens with one attached hydrogen (secondary N) is 2. The summed E-state index contributed by atoms with van der Waals surface area (Å²) in [5, 5.41) is 2.97. The van der Waals surface area contributed by atoms with E-state index in [1.807, 2.05) is 6.92 Å². The van der Waals surface area contributed by atoms with Crippen molar-refractivity contribution in [2.75, 3.05) is 18.8 Å². The van der Waals surface area contributed by atoms with Crippen molar-refractivity contribution in [1.82, 2.24) is 10.0 Å². The van der Waals surface area contributed by atoms with Gasteiger partial charge in [0.05, 0.1) is 6.54 Å². The van der Waals surface area contributed by atoms with Crippen LogP contribution in [0.5, 0.6) is 0 Å². The summed E-state index contributed by atoms with van der Waals surface area (Å²) in [6.07, 6.45) is 0. The van der Waals surface area contributed by atoms with Crippen LogP contribution in [-0.4, -0.2) is 32.8 Å². The molecule has 1 aromatic rings. The van der Waals surface area contributed by atoms with Crippen LogP contribution < -0.4 is 10.0 Å². The number of rotatable bonds is 8. The van der Waals surface area contributed by atoms with E-state index >= 15 is 0 Å². The van der Waals surface area contributed by atoms with Crippen LogP contribution in [0.15, 0.2) is 20.0 Å². The predicted octanol–water partition coefficient (Wildman–Crippen LogP) is 2.68. The van der Waals surface area contributed by atoms with E-state index in [9.17, 15) is 21.6 Å². The Morgan fingerprint density at radius 2 is 2.10 bits per heavy atom. The SMILES string of the molecule is CCNCc1cc(S(=O)(=O)NCCSC(F)(F)F)c(Br)o1. The number of furan rings is 1. The van der Waals surface area contributed by atoms with Crippen LogP contribution in [-0.2, 0) is 16.6 Å². The highest BCUT2D eigenvalue weighted by molar-refractivity contribution is 9.10. The molecule has 0 radical (unpaired) electrons. The van der Waals surface area contributed by atoms with Crippen molar-refractivity contribution in [2.45, 2.75) is 23.9 Å². The molecule has 1 heterocycles. The molecule has 11 heteroatoms. The molecule has 5 nitrogen and oxygen atoms in total. The van der Waals surface area contributed by atoms with Crippen LogP contribution in [0.4, 0.5) is 13.2 Å². The smallest absolute Gasteiger partial charge is 0.441 e. The molecule has 0 aliphatic heterocycles. The summed E-state index contributed by atoms with van der Waals surface area (Å²) < 4.78 is 67.1. The molecule has 1 aromatic heterocycles. The number of halogens is 4. The average molecular weight is 411 g/mol. The molecule has 0 unspecified atom stereocenters. The third-order valence-corrected chi connectivity index (χ3v) is 5.26. The Morgan fingerprint density at radius 3 is 2.67 bits per heavy atom. The molecule has 21 heavy (non-hydrogen) atoms. The molecular weight excluding hydrogens is 397 g/mol. The molecule has 2 N–H and O–H groups in total. The van der Waals surface area contributed by atoms with Gasteiger partial charge in [-0.3, -0.25) is 0 Å². The largest absolute Gasteiger partial charge is 0.452 e. The molecule has 0 atom stereocenters. The summed E-state index contributed by atoms with van der Waals surface area (Å²) in [6, 6.07) is 1.33. The van der Waals surface area contributed by atoms with Gasteiger partial charge in [-0.1, -0.05) is 6.92 Å². The molecule has 0 aliphatic rings. The van der Waals surface area contributed by atoms with E-state index in [0.717, 1.165) is 0 Å². The highest BCUT2D eigenvalue weighted by Crippen LogP contribution is 2.30. The van der Waals surface area contributed by atoms with E-state index in [-0.39, 0.29) is 27.9 Å². The number of hydrogen-bond acceptors (Lipinski definition) is 5. The van der Waals surface area contributed by atoms with Gasteiger partial charge in [0.2, 0.25) is 10.0 Å². The second-order valence-corrected chi connectivity index (χ2v) is 7.44. The third kappa shape index (κ3) is 6.59. The lowest BCUT2D eigenvalue weighted by atomic mass is 10.4. The van der Waals surface area contributed by atoms with E-state index in [2.05, 4.69) is 26.0 Å². The Kier molecular flexibility index (Phi) is 7.04. The Morgan fingerprint density at radius 1 is 1.43 bits per heavy atom. The molecule has 0 saturated carbocycles. The lowest BCUT2D eigenvalue weighted by Gasteiger charge is -2.07. The van der Waals surface area contributed by atoms with Crippen molar-refractivity contribution in [3.8, 4) is 0 Å². The van der Waals surface area contributed by atoms with Crippen LogP contribution in [0.25, 0.3) is 0 Å². The predicted molar refractivity (Wildman–Crippen MR) is 77.5 cm³/mol. The minimum absolute atomic E-state index is 0.0198. The lowest BCUT2D eigenvalue weighted by Crippen LogP contribution is -2.26. The zero-order chi connectivity index (χ0) is 16.1. The van der Waals surface area contributed by atoms with Crippen LogP contribution in [0.1, 0.15) is 12.7 Å². The summed E-state index contributed by atoms with van der Waals surface area (Å²) in [4.78, 5) is -0.132. The van der Waals surface area contributed by atoms with Gasteiger partial charge in [0.1, 0.15) is 10.7 Å². The average Bonchev–Trinajstić information content (AvgIpc) is 2.73. The molecule has 0 amide bonds. The fraction of sp³-hybridized carbons (Fsp3) is 0.600. The van der Waals surface area contributed by atoms with Crippen molar-refractivity contribution in [3.63, 3.8) is 0 Å². The second kappa shape index (κ2) is 7.86. The van der Waals surface area contributed by atoms with Crippen molar-refractivity contribution in [3.05, 3.63) is 16.5 Å². The first kappa shape index (κ1) is 18.8. The van der Waals surface area contributed by atoms with Gasteiger partial charge < -0.3 is 9.73 Å². The number of alkyl halides is 3. The zero-order valence-electron chi connectivity index (χ0n) is 11.0. The Balaban J connectivity index is 2.63. The van der Waals surface area contributed by atoms with Gasteiger partial charge in [0, 0.05) is 18.4 Å². The molecule has 0 aromatic carbocycles. The minimum Gasteiger partial charge on any atom is -0.452 e. The van der Waals surface area contributed by atoms with Gasteiger partial charge in [-0.2, -0.15) is 13.2 Å². The molecular formula is C10H14BrF3N2O3S2. The molecule has 122 valence electrons. The lowest BCUT2D eigenvalue weighted by molar-refractivity contribution is -0.0327. The van der Waals surface area contributed by atoms with Gasteiger partial charge in [-0.25, -0.2) is 13.1 Å². The Bertz CT molecular complexity index is 560. The van der Waals surface area contributed by atoms with E-state index in [1.165, 1.54) is 6.07 Å². The number of thioether (sulfide) groups is 1. The van der Waals surface area contributed by atoms with Gasteiger partial charge >= 0.3 is 5.51 Å². The molecule has 0 saturated heterocycles. The zero-order valence-corrected chi connectivity index (χ0v) is 14.2. The Hall–Kier alpha value is -0.230. The summed E-state index contributed by atoms with van der Waals surface area (Å²) in [7, 11) is -3.91. The molecule has 0 spiro atoms. The molecule has 0 fully saturated rings. The topological polar surface area (TPSA) is 71.3 Å². The maximum Gasteiger partial charge on any atom is 0.441 e. The molecule has 0 bridgehead atoms. The summed E-state index contributed by atoms with van der Waals surface area (Å²) in [5.74, 6) is 0.0105. The van der Waals surface area contributed by atoms with Crippen LogP contribution in [0.2, 0.25) is 0 Å². The third-order valence-electron chi connectivity index (χ3n) is 2.21. The number of sulfonamides is 1. The molecule has 1 rings (SSSR count). The van der Waals surface area contributed by atoms with E-state index in [4.69, 9.17) is 4.42 Å². The van der Waals surface area contributed by atoms with Crippen molar-refractivity contribution >= 4 is 37.7 Å². The van der Waals surface area contributed by atoms with Gasteiger partial charge in [-0.15, -0.1) is 0 Å². The summed E-state index contributed by atoms with van der Waals surface area (Å²) >= 11 is 2.70. The number of hydrogen-bond donors (Lipinski definition) is 2. The van der Waals surface area contributed by atoms with Gasteiger partial charge in [0.25, 0.3) is 0 Å². The van der Waals surface area contributed by atoms with Gasteiger partial charge in [0.15, 0.2) is 4.67 Å². The van der Waals surface area contributed by atoms with E-state index in [0.29, 0.717) is 18.8 Å². The second-order valence-electron chi connectivity index (χ2n) is 3.82. The monoisotopic (exact) mass is 410 g/mol. The standard InChI is InChI=1S/C10H14BrF3N2O3S2/c1-2-15-6-7-5-8(9(11)19-7)21(17,18)16-3-4-20-10(12,13)14/h5,15-16H,2-4,6H2,1H3.